The van der Waals surface area contributed by atoms with Crippen molar-refractivity contribution in [2.45, 2.75) is 38.1 Å². The molecule has 2 aromatic rings. The fourth-order valence-corrected chi connectivity index (χ4v) is 5.18. The van der Waals surface area contributed by atoms with Crippen molar-refractivity contribution in [3.63, 3.8) is 0 Å². The molecule has 1 N–H and O–H groups in total. The summed E-state index contributed by atoms with van der Waals surface area (Å²) in [4.78, 5) is 12.6. The average molecular weight is 445 g/mol. The summed E-state index contributed by atoms with van der Waals surface area (Å²) in [6.07, 6.45) is 4.87. The number of anilines is 1. The van der Waals surface area contributed by atoms with E-state index in [1.165, 1.54) is 21.7 Å². The molecule has 7 nitrogen and oxygen atoms in total. The maximum Gasteiger partial charge on any atom is 0.232 e. The molecular formula is C23H28N2O5S. The van der Waals surface area contributed by atoms with E-state index in [0.717, 1.165) is 19.3 Å². The van der Waals surface area contributed by atoms with Crippen LogP contribution in [0.25, 0.3) is 0 Å². The van der Waals surface area contributed by atoms with E-state index < -0.39 is 10.0 Å². The third-order valence-electron chi connectivity index (χ3n) is 5.68. The molecule has 2 aliphatic rings. The van der Waals surface area contributed by atoms with Gasteiger partial charge in [0.1, 0.15) is 13.2 Å². The van der Waals surface area contributed by atoms with Gasteiger partial charge in [0.25, 0.3) is 0 Å². The first-order chi connectivity index (χ1) is 14.9. The molecule has 0 aromatic heterocycles. The van der Waals surface area contributed by atoms with Crippen LogP contribution >= 0.6 is 0 Å². The lowest BCUT2D eigenvalue weighted by molar-refractivity contribution is -0.122. The normalized spacial score (nSPS) is 17.5. The number of carbonyl (C=O) groups is 1. The van der Waals surface area contributed by atoms with E-state index in [9.17, 15) is 13.2 Å². The van der Waals surface area contributed by atoms with Crippen molar-refractivity contribution in [1.29, 1.82) is 0 Å². The lowest BCUT2D eigenvalue weighted by Crippen LogP contribution is -2.33. The van der Waals surface area contributed by atoms with Crippen LogP contribution in [0.4, 0.5) is 5.69 Å². The first-order valence-electron chi connectivity index (χ1n) is 10.7. The van der Waals surface area contributed by atoms with Gasteiger partial charge in [-0.25, -0.2) is 8.42 Å². The zero-order valence-electron chi connectivity index (χ0n) is 17.7. The van der Waals surface area contributed by atoms with Crippen LogP contribution in [0.3, 0.4) is 0 Å². The van der Waals surface area contributed by atoms with Crippen LogP contribution in [0.5, 0.6) is 11.5 Å². The minimum atomic E-state index is -3.50. The molecule has 0 bridgehead atoms. The van der Waals surface area contributed by atoms with E-state index in [-0.39, 0.29) is 24.9 Å². The molecule has 1 unspecified atom stereocenters. The standard InChI is InChI=1S/C23H28N2O5S/c1-31(27,28)25(18-11-12-21-22(16-18)30-15-14-29-21)13-5-10-23(26)24-20-9-4-7-17-6-2-3-8-19(17)20/h2-3,6,8,11-12,16,20H,4-5,7,9-10,13-15H2,1H3,(H,24,26). The monoisotopic (exact) mass is 444 g/mol. The van der Waals surface area contributed by atoms with Crippen molar-refractivity contribution in [3.05, 3.63) is 53.6 Å². The number of hydrogen-bond acceptors (Lipinski definition) is 5. The fraction of sp³-hybridized carbons (Fsp3) is 0.435. The number of hydrogen-bond donors (Lipinski definition) is 1. The van der Waals surface area contributed by atoms with Crippen LogP contribution in [0.2, 0.25) is 0 Å². The van der Waals surface area contributed by atoms with Crippen LogP contribution in [0, 0.1) is 0 Å². The second-order valence-corrected chi connectivity index (χ2v) is 9.88. The third kappa shape index (κ3) is 5.12. The van der Waals surface area contributed by atoms with Crippen molar-refractivity contribution in [3.8, 4) is 11.5 Å². The molecule has 31 heavy (non-hydrogen) atoms. The van der Waals surface area contributed by atoms with Crippen LogP contribution in [0.15, 0.2) is 42.5 Å². The lowest BCUT2D eigenvalue weighted by Gasteiger charge is -2.27. The van der Waals surface area contributed by atoms with Gasteiger partial charge in [-0.1, -0.05) is 24.3 Å². The van der Waals surface area contributed by atoms with Crippen molar-refractivity contribution in [2.75, 3.05) is 30.3 Å². The van der Waals surface area contributed by atoms with Crippen LogP contribution in [0.1, 0.15) is 42.9 Å². The number of fused-ring (bicyclic) bond motifs is 2. The SMILES string of the molecule is CS(=O)(=O)N(CCCC(=O)NC1CCCc2ccccc21)c1ccc2c(c1)OCCO2. The maximum absolute atomic E-state index is 12.6. The van der Waals surface area contributed by atoms with E-state index in [2.05, 4.69) is 17.4 Å². The Balaban J connectivity index is 1.37. The second-order valence-electron chi connectivity index (χ2n) is 7.98. The van der Waals surface area contributed by atoms with Crippen LogP contribution in [-0.2, 0) is 21.2 Å². The van der Waals surface area contributed by atoms with Gasteiger partial charge in [-0.3, -0.25) is 9.10 Å². The first-order valence-corrected chi connectivity index (χ1v) is 12.5. The molecule has 8 heteroatoms. The average Bonchev–Trinajstić information content (AvgIpc) is 2.76. The number of nitrogens with zero attached hydrogens (tertiary/aromatic N) is 1. The highest BCUT2D eigenvalue weighted by Crippen LogP contribution is 2.35. The zero-order chi connectivity index (χ0) is 21.8. The van der Waals surface area contributed by atoms with Gasteiger partial charge in [-0.15, -0.1) is 0 Å². The Morgan fingerprint density at radius 1 is 1.13 bits per heavy atom. The number of sulfonamides is 1. The number of amides is 1. The van der Waals surface area contributed by atoms with Crippen LogP contribution < -0.4 is 19.1 Å². The third-order valence-corrected chi connectivity index (χ3v) is 6.88. The van der Waals surface area contributed by atoms with Crippen molar-refractivity contribution in [2.24, 2.45) is 0 Å². The van der Waals surface area contributed by atoms with Gasteiger partial charge in [0.15, 0.2) is 11.5 Å². The summed E-state index contributed by atoms with van der Waals surface area (Å²) >= 11 is 0. The molecule has 1 atom stereocenters. The molecule has 166 valence electrons. The summed E-state index contributed by atoms with van der Waals surface area (Å²) in [5, 5.41) is 3.12. The summed E-state index contributed by atoms with van der Waals surface area (Å²) in [6.45, 7) is 1.12. The predicted molar refractivity (Wildman–Crippen MR) is 119 cm³/mol. The molecule has 0 fully saturated rings. The summed E-state index contributed by atoms with van der Waals surface area (Å²) in [5.74, 6) is 1.08. The van der Waals surface area contributed by atoms with Gasteiger partial charge < -0.3 is 14.8 Å². The fourth-order valence-electron chi connectivity index (χ4n) is 4.23. The van der Waals surface area contributed by atoms with E-state index in [0.29, 0.717) is 36.8 Å². The summed E-state index contributed by atoms with van der Waals surface area (Å²) in [7, 11) is -3.50. The van der Waals surface area contributed by atoms with Gasteiger partial charge in [0, 0.05) is 19.0 Å². The Kier molecular flexibility index (Phi) is 6.36. The highest BCUT2D eigenvalue weighted by Gasteiger charge is 2.23. The highest BCUT2D eigenvalue weighted by molar-refractivity contribution is 7.92. The minimum absolute atomic E-state index is 0.0289. The van der Waals surface area contributed by atoms with Gasteiger partial charge in [-0.05, 0) is 48.9 Å². The minimum Gasteiger partial charge on any atom is -0.486 e. The Hall–Kier alpha value is -2.74. The molecule has 1 amide bonds. The Morgan fingerprint density at radius 3 is 2.71 bits per heavy atom. The molecule has 4 rings (SSSR count). The quantitative estimate of drug-likeness (QED) is 0.709. The molecule has 0 spiro atoms. The maximum atomic E-state index is 12.6. The molecule has 0 saturated heterocycles. The van der Waals surface area contributed by atoms with E-state index >= 15 is 0 Å². The molecule has 0 saturated carbocycles. The molecule has 0 radical (unpaired) electrons. The Morgan fingerprint density at radius 2 is 1.90 bits per heavy atom. The lowest BCUT2D eigenvalue weighted by atomic mass is 9.87. The summed E-state index contributed by atoms with van der Waals surface area (Å²) in [5.41, 5.74) is 2.99. The first kappa shape index (κ1) is 21.5. The zero-order valence-corrected chi connectivity index (χ0v) is 18.5. The molecular weight excluding hydrogens is 416 g/mol. The van der Waals surface area contributed by atoms with Crippen LogP contribution in [-0.4, -0.2) is 40.3 Å². The smallest absolute Gasteiger partial charge is 0.232 e. The number of benzene rings is 2. The Labute approximate surface area is 183 Å². The number of nitrogens with one attached hydrogen (secondary N) is 1. The van der Waals surface area contributed by atoms with Gasteiger partial charge in [0.2, 0.25) is 15.9 Å². The largest absolute Gasteiger partial charge is 0.486 e. The van der Waals surface area contributed by atoms with E-state index in [4.69, 9.17) is 9.47 Å². The molecule has 1 heterocycles. The number of carbonyl (C=O) groups excluding carboxylic acids is 1. The van der Waals surface area contributed by atoms with Gasteiger partial charge in [0.05, 0.1) is 18.0 Å². The number of ether oxygens (including phenoxy) is 2. The van der Waals surface area contributed by atoms with E-state index in [1.807, 2.05) is 12.1 Å². The summed E-state index contributed by atoms with van der Waals surface area (Å²) < 4.78 is 37.2. The van der Waals surface area contributed by atoms with Crippen molar-refractivity contribution >= 4 is 21.6 Å². The van der Waals surface area contributed by atoms with Crippen molar-refractivity contribution in [1.82, 2.24) is 5.32 Å². The topological polar surface area (TPSA) is 84.9 Å². The molecule has 2 aromatic carbocycles. The Bertz CT molecular complexity index is 1050. The molecule has 1 aliphatic heterocycles. The predicted octanol–water partition coefficient (Wildman–Crippen LogP) is 3.20. The number of aryl methyl sites for hydroxylation is 1. The second kappa shape index (κ2) is 9.18. The van der Waals surface area contributed by atoms with Gasteiger partial charge in [-0.2, -0.15) is 0 Å². The van der Waals surface area contributed by atoms with Gasteiger partial charge >= 0.3 is 0 Å². The highest BCUT2D eigenvalue weighted by atomic mass is 32.2. The summed E-state index contributed by atoms with van der Waals surface area (Å²) in [6, 6.07) is 13.3. The van der Waals surface area contributed by atoms with Crippen molar-refractivity contribution < 1.29 is 22.7 Å². The van der Waals surface area contributed by atoms with E-state index in [1.54, 1.807) is 18.2 Å². The molecule has 1 aliphatic carbocycles. The number of rotatable bonds is 7.